The van der Waals surface area contributed by atoms with Crippen LogP contribution in [0.25, 0.3) is 0 Å². The van der Waals surface area contributed by atoms with Crippen molar-refractivity contribution in [3.8, 4) is 0 Å². The van der Waals surface area contributed by atoms with Gasteiger partial charge in [-0.25, -0.2) is 0 Å². The molecule has 138 valence electrons. The van der Waals surface area contributed by atoms with E-state index in [1.165, 1.54) is 0 Å². The largest absolute Gasteiger partial charge is 0.322 e. The molecule has 0 aliphatic rings. The van der Waals surface area contributed by atoms with E-state index in [9.17, 15) is 9.59 Å². The highest BCUT2D eigenvalue weighted by Gasteiger charge is 2.13. The molecule has 4 nitrogen and oxygen atoms in total. The standard InChI is InChI=1S/C23H24N2O2/c1-15-7-8-18(4)19(11-15)14-25-9-5-6-21(23(25)27)22(26)24-20-12-16(2)10-17(3)13-20/h5-13H,14H2,1-4H3,(H,24,26). The van der Waals surface area contributed by atoms with Crippen molar-refractivity contribution in [1.29, 1.82) is 0 Å². The summed E-state index contributed by atoms with van der Waals surface area (Å²) >= 11 is 0. The zero-order valence-electron chi connectivity index (χ0n) is 16.2. The molecule has 0 spiro atoms. The van der Waals surface area contributed by atoms with Crippen molar-refractivity contribution < 1.29 is 4.79 Å². The van der Waals surface area contributed by atoms with Crippen molar-refractivity contribution in [3.63, 3.8) is 0 Å². The number of carbonyl (C=O) groups is 1. The molecule has 0 unspecified atom stereocenters. The van der Waals surface area contributed by atoms with E-state index in [0.29, 0.717) is 12.2 Å². The van der Waals surface area contributed by atoms with Gasteiger partial charge in [-0.2, -0.15) is 0 Å². The maximum absolute atomic E-state index is 12.8. The lowest BCUT2D eigenvalue weighted by molar-refractivity contribution is 0.102. The molecule has 2 aromatic carbocycles. The zero-order chi connectivity index (χ0) is 19.6. The number of nitrogens with one attached hydrogen (secondary N) is 1. The summed E-state index contributed by atoms with van der Waals surface area (Å²) in [5.74, 6) is -0.389. The molecule has 1 amide bonds. The smallest absolute Gasteiger partial charge is 0.263 e. The van der Waals surface area contributed by atoms with Crippen molar-refractivity contribution in [2.45, 2.75) is 34.2 Å². The van der Waals surface area contributed by atoms with Crippen molar-refractivity contribution >= 4 is 11.6 Å². The highest BCUT2D eigenvalue weighted by Crippen LogP contribution is 2.15. The van der Waals surface area contributed by atoms with Gasteiger partial charge in [0.05, 0.1) is 6.54 Å². The topological polar surface area (TPSA) is 51.1 Å². The lowest BCUT2D eigenvalue weighted by Gasteiger charge is -2.12. The van der Waals surface area contributed by atoms with Gasteiger partial charge >= 0.3 is 0 Å². The number of hydrogen-bond acceptors (Lipinski definition) is 2. The van der Waals surface area contributed by atoms with Crippen LogP contribution >= 0.6 is 0 Å². The van der Waals surface area contributed by atoms with E-state index < -0.39 is 0 Å². The van der Waals surface area contributed by atoms with Gasteiger partial charge in [-0.05, 0) is 74.2 Å². The first-order chi connectivity index (χ1) is 12.8. The van der Waals surface area contributed by atoms with Crippen LogP contribution in [0.15, 0.2) is 59.5 Å². The van der Waals surface area contributed by atoms with Crippen LogP contribution in [-0.4, -0.2) is 10.5 Å². The summed E-state index contributed by atoms with van der Waals surface area (Å²) in [4.78, 5) is 25.5. The molecule has 3 rings (SSSR count). The van der Waals surface area contributed by atoms with Crippen LogP contribution in [0.4, 0.5) is 5.69 Å². The minimum absolute atomic E-state index is 0.141. The van der Waals surface area contributed by atoms with Gasteiger partial charge in [-0.15, -0.1) is 0 Å². The van der Waals surface area contributed by atoms with Gasteiger partial charge in [0.15, 0.2) is 0 Å². The van der Waals surface area contributed by atoms with E-state index in [1.807, 2.05) is 52.0 Å². The van der Waals surface area contributed by atoms with Crippen molar-refractivity contribution in [2.75, 3.05) is 5.32 Å². The van der Waals surface area contributed by atoms with Gasteiger partial charge in [-0.3, -0.25) is 9.59 Å². The summed E-state index contributed by atoms with van der Waals surface area (Å²) in [6.07, 6.45) is 1.72. The third-order valence-electron chi connectivity index (χ3n) is 4.59. The predicted octanol–water partition coefficient (Wildman–Crippen LogP) is 4.38. The van der Waals surface area contributed by atoms with E-state index in [-0.39, 0.29) is 17.0 Å². The molecule has 0 atom stereocenters. The quantitative estimate of drug-likeness (QED) is 0.750. The molecular weight excluding hydrogens is 336 g/mol. The van der Waals surface area contributed by atoms with Crippen molar-refractivity contribution in [1.82, 2.24) is 4.57 Å². The van der Waals surface area contributed by atoms with E-state index in [4.69, 9.17) is 0 Å². The van der Waals surface area contributed by atoms with Crippen molar-refractivity contribution in [2.24, 2.45) is 0 Å². The Bertz CT molecular complexity index is 1040. The molecule has 1 N–H and O–H groups in total. The fourth-order valence-electron chi connectivity index (χ4n) is 3.23. The molecule has 4 heteroatoms. The Morgan fingerprint density at radius 1 is 0.926 bits per heavy atom. The number of pyridine rings is 1. The number of benzene rings is 2. The normalized spacial score (nSPS) is 10.7. The van der Waals surface area contributed by atoms with E-state index >= 15 is 0 Å². The van der Waals surface area contributed by atoms with Gasteiger partial charge in [0, 0.05) is 11.9 Å². The fraction of sp³-hybridized carbons (Fsp3) is 0.217. The number of rotatable bonds is 4. The molecular formula is C23H24N2O2. The Hall–Kier alpha value is -3.14. The van der Waals surface area contributed by atoms with Crippen LogP contribution in [0, 0.1) is 27.7 Å². The Labute approximate surface area is 159 Å². The molecule has 27 heavy (non-hydrogen) atoms. The highest BCUT2D eigenvalue weighted by atomic mass is 16.2. The van der Waals surface area contributed by atoms with Crippen LogP contribution in [0.5, 0.6) is 0 Å². The summed E-state index contributed by atoms with van der Waals surface area (Å²) < 4.78 is 1.58. The second-order valence-corrected chi connectivity index (χ2v) is 7.12. The molecule has 3 aromatic rings. The summed E-state index contributed by atoms with van der Waals surface area (Å²) in [5.41, 5.74) is 6.01. The summed E-state index contributed by atoms with van der Waals surface area (Å²) in [5, 5.41) is 2.84. The predicted molar refractivity (Wildman–Crippen MR) is 110 cm³/mol. The molecule has 0 saturated carbocycles. The number of anilines is 1. The number of amides is 1. The molecule has 0 bridgehead atoms. The van der Waals surface area contributed by atoms with Gasteiger partial charge < -0.3 is 9.88 Å². The molecule has 0 radical (unpaired) electrons. The second-order valence-electron chi connectivity index (χ2n) is 7.12. The van der Waals surface area contributed by atoms with Gasteiger partial charge in [0.25, 0.3) is 11.5 Å². The minimum atomic E-state index is -0.389. The molecule has 0 fully saturated rings. The first kappa shape index (κ1) is 18.6. The van der Waals surface area contributed by atoms with Gasteiger partial charge in [0.1, 0.15) is 5.56 Å². The molecule has 1 heterocycles. The van der Waals surface area contributed by atoms with E-state index in [2.05, 4.69) is 17.4 Å². The lowest BCUT2D eigenvalue weighted by atomic mass is 10.1. The van der Waals surface area contributed by atoms with Crippen LogP contribution in [0.3, 0.4) is 0 Å². The second kappa shape index (κ2) is 7.62. The first-order valence-corrected chi connectivity index (χ1v) is 8.99. The Balaban J connectivity index is 1.89. The monoisotopic (exact) mass is 360 g/mol. The summed E-state index contributed by atoms with van der Waals surface area (Å²) in [6.45, 7) is 8.44. The number of carbonyl (C=O) groups excluding carboxylic acids is 1. The van der Waals surface area contributed by atoms with E-state index in [0.717, 1.165) is 27.8 Å². The van der Waals surface area contributed by atoms with Crippen LogP contribution in [-0.2, 0) is 6.54 Å². The maximum Gasteiger partial charge on any atom is 0.263 e. The molecule has 1 aromatic heterocycles. The Morgan fingerprint density at radius 3 is 2.33 bits per heavy atom. The van der Waals surface area contributed by atoms with Crippen LogP contribution in [0.1, 0.15) is 38.2 Å². The zero-order valence-corrected chi connectivity index (χ0v) is 16.2. The fourth-order valence-corrected chi connectivity index (χ4v) is 3.23. The van der Waals surface area contributed by atoms with Crippen LogP contribution in [0.2, 0.25) is 0 Å². The molecule has 0 aliphatic carbocycles. The minimum Gasteiger partial charge on any atom is -0.322 e. The lowest BCUT2D eigenvalue weighted by Crippen LogP contribution is -2.29. The van der Waals surface area contributed by atoms with Crippen molar-refractivity contribution in [3.05, 3.63) is 98.5 Å². The van der Waals surface area contributed by atoms with E-state index in [1.54, 1.807) is 22.9 Å². The molecule has 0 saturated heterocycles. The highest BCUT2D eigenvalue weighted by molar-refractivity contribution is 6.04. The third kappa shape index (κ3) is 4.34. The third-order valence-corrected chi connectivity index (χ3v) is 4.59. The Morgan fingerprint density at radius 2 is 1.63 bits per heavy atom. The van der Waals surface area contributed by atoms with Gasteiger partial charge in [0.2, 0.25) is 0 Å². The number of aryl methyl sites for hydroxylation is 4. The average molecular weight is 360 g/mol. The van der Waals surface area contributed by atoms with Crippen LogP contribution < -0.4 is 10.9 Å². The maximum atomic E-state index is 12.8. The Kier molecular flexibility index (Phi) is 5.26. The van der Waals surface area contributed by atoms with Gasteiger partial charge in [-0.1, -0.05) is 29.8 Å². The number of nitrogens with zero attached hydrogens (tertiary/aromatic N) is 1. The summed E-state index contributed by atoms with van der Waals surface area (Å²) in [7, 11) is 0. The number of hydrogen-bond donors (Lipinski definition) is 1. The SMILES string of the molecule is Cc1cc(C)cc(NC(=O)c2cccn(Cc3cc(C)ccc3C)c2=O)c1. The first-order valence-electron chi connectivity index (χ1n) is 8.99. The number of aromatic nitrogens is 1. The average Bonchev–Trinajstić information content (AvgIpc) is 2.59. The summed E-state index contributed by atoms with van der Waals surface area (Å²) in [6, 6.07) is 15.3. The molecule has 0 aliphatic heterocycles.